The SMILES string of the molecule is CCC(C#N)S(=O)(=O)N1CC(N)Cc2ccccc21. The minimum absolute atomic E-state index is 0.234. The molecular formula is C13H17N3O2S. The maximum Gasteiger partial charge on any atom is 0.251 e. The lowest BCUT2D eigenvalue weighted by Crippen LogP contribution is -2.48. The zero-order valence-electron chi connectivity index (χ0n) is 10.8. The average Bonchev–Trinajstić information content (AvgIpc) is 2.38. The Morgan fingerprint density at radius 2 is 2.21 bits per heavy atom. The van der Waals surface area contributed by atoms with Crippen LogP contribution >= 0.6 is 0 Å². The molecule has 102 valence electrons. The first-order valence-corrected chi connectivity index (χ1v) is 7.75. The van der Waals surface area contributed by atoms with Gasteiger partial charge in [0.15, 0.2) is 5.25 Å². The van der Waals surface area contributed by atoms with Gasteiger partial charge in [0.05, 0.1) is 11.8 Å². The molecule has 1 aromatic carbocycles. The molecule has 2 unspecified atom stereocenters. The summed E-state index contributed by atoms with van der Waals surface area (Å²) in [5, 5.41) is 8.00. The van der Waals surface area contributed by atoms with Crippen LogP contribution in [-0.2, 0) is 16.4 Å². The fourth-order valence-electron chi connectivity index (χ4n) is 2.35. The summed E-state index contributed by atoms with van der Waals surface area (Å²) < 4.78 is 26.3. The van der Waals surface area contributed by atoms with Gasteiger partial charge in [0.1, 0.15) is 0 Å². The third-order valence-electron chi connectivity index (χ3n) is 3.32. The summed E-state index contributed by atoms with van der Waals surface area (Å²) in [7, 11) is -3.68. The molecule has 2 rings (SSSR count). The number of anilines is 1. The van der Waals surface area contributed by atoms with Gasteiger partial charge < -0.3 is 5.73 Å². The van der Waals surface area contributed by atoms with Crippen molar-refractivity contribution in [2.75, 3.05) is 10.8 Å². The fraction of sp³-hybridized carbons (Fsp3) is 0.462. The molecule has 0 saturated carbocycles. The minimum atomic E-state index is -3.68. The van der Waals surface area contributed by atoms with E-state index in [0.29, 0.717) is 12.1 Å². The molecule has 1 aromatic rings. The van der Waals surface area contributed by atoms with Crippen LogP contribution in [0.2, 0.25) is 0 Å². The topological polar surface area (TPSA) is 87.2 Å². The predicted molar refractivity (Wildman–Crippen MR) is 74.1 cm³/mol. The molecular weight excluding hydrogens is 262 g/mol. The zero-order valence-corrected chi connectivity index (χ0v) is 11.6. The van der Waals surface area contributed by atoms with E-state index in [1.165, 1.54) is 4.31 Å². The first kappa shape index (κ1) is 13.8. The van der Waals surface area contributed by atoms with Crippen LogP contribution in [0.3, 0.4) is 0 Å². The number of hydrogen-bond donors (Lipinski definition) is 1. The molecule has 1 aliphatic heterocycles. The molecule has 0 radical (unpaired) electrons. The Morgan fingerprint density at radius 1 is 1.53 bits per heavy atom. The van der Waals surface area contributed by atoms with Crippen molar-refractivity contribution in [1.82, 2.24) is 0 Å². The molecule has 1 heterocycles. The van der Waals surface area contributed by atoms with Crippen LogP contribution < -0.4 is 10.0 Å². The van der Waals surface area contributed by atoms with Gasteiger partial charge in [-0.15, -0.1) is 0 Å². The number of benzene rings is 1. The van der Waals surface area contributed by atoms with E-state index in [1.807, 2.05) is 18.2 Å². The van der Waals surface area contributed by atoms with E-state index in [-0.39, 0.29) is 19.0 Å². The second-order valence-electron chi connectivity index (χ2n) is 4.69. The van der Waals surface area contributed by atoms with Gasteiger partial charge in [-0.3, -0.25) is 4.31 Å². The third-order valence-corrected chi connectivity index (χ3v) is 5.44. The number of sulfonamides is 1. The molecule has 0 spiro atoms. The smallest absolute Gasteiger partial charge is 0.251 e. The first-order valence-electron chi connectivity index (χ1n) is 6.25. The lowest BCUT2D eigenvalue weighted by molar-refractivity contribution is 0.567. The van der Waals surface area contributed by atoms with Gasteiger partial charge in [0, 0.05) is 12.6 Å². The maximum atomic E-state index is 12.5. The number of hydrogen-bond acceptors (Lipinski definition) is 4. The lowest BCUT2D eigenvalue weighted by atomic mass is 10.0. The van der Waals surface area contributed by atoms with Crippen molar-refractivity contribution in [3.8, 4) is 6.07 Å². The van der Waals surface area contributed by atoms with E-state index in [4.69, 9.17) is 11.0 Å². The normalized spacial score (nSPS) is 20.5. The molecule has 0 aliphatic carbocycles. The highest BCUT2D eigenvalue weighted by molar-refractivity contribution is 7.93. The summed E-state index contributed by atoms with van der Waals surface area (Å²) in [6.07, 6.45) is 0.929. The van der Waals surface area contributed by atoms with Crippen LogP contribution in [0.15, 0.2) is 24.3 Å². The first-order chi connectivity index (χ1) is 9.00. The van der Waals surface area contributed by atoms with Crippen molar-refractivity contribution in [3.63, 3.8) is 0 Å². The van der Waals surface area contributed by atoms with Crippen LogP contribution in [0.4, 0.5) is 5.69 Å². The van der Waals surface area contributed by atoms with Gasteiger partial charge in [-0.05, 0) is 24.5 Å². The standard InChI is InChI=1S/C13H17N3O2S/c1-2-12(8-14)19(17,18)16-9-11(15)7-10-5-3-4-6-13(10)16/h3-6,11-12H,2,7,9,15H2,1H3. The molecule has 0 aromatic heterocycles. The Bertz CT molecular complexity index is 607. The Kier molecular flexibility index (Phi) is 3.78. The number of nitriles is 1. The van der Waals surface area contributed by atoms with Gasteiger partial charge in [-0.1, -0.05) is 25.1 Å². The highest BCUT2D eigenvalue weighted by atomic mass is 32.2. The second kappa shape index (κ2) is 5.19. The van der Waals surface area contributed by atoms with Crippen molar-refractivity contribution < 1.29 is 8.42 Å². The van der Waals surface area contributed by atoms with Gasteiger partial charge in [-0.2, -0.15) is 5.26 Å². The Morgan fingerprint density at radius 3 is 2.84 bits per heavy atom. The summed E-state index contributed by atoms with van der Waals surface area (Å²) in [6.45, 7) is 1.93. The van der Waals surface area contributed by atoms with Crippen molar-refractivity contribution >= 4 is 15.7 Å². The van der Waals surface area contributed by atoms with E-state index in [2.05, 4.69) is 0 Å². The number of fused-ring (bicyclic) bond motifs is 1. The Balaban J connectivity index is 2.49. The third kappa shape index (κ3) is 2.44. The molecule has 19 heavy (non-hydrogen) atoms. The molecule has 1 aliphatic rings. The second-order valence-corrected chi connectivity index (χ2v) is 6.73. The summed E-state index contributed by atoms with van der Waals surface area (Å²) >= 11 is 0. The molecule has 0 saturated heterocycles. The van der Waals surface area contributed by atoms with Crippen LogP contribution in [-0.4, -0.2) is 26.3 Å². The average molecular weight is 279 g/mol. The van der Waals surface area contributed by atoms with Crippen LogP contribution in [0, 0.1) is 11.3 Å². The van der Waals surface area contributed by atoms with E-state index < -0.39 is 15.3 Å². The molecule has 6 heteroatoms. The predicted octanol–water partition coefficient (Wildman–Crippen LogP) is 1.01. The van der Waals surface area contributed by atoms with Crippen LogP contribution in [0.25, 0.3) is 0 Å². The van der Waals surface area contributed by atoms with Crippen LogP contribution in [0.1, 0.15) is 18.9 Å². The molecule has 0 bridgehead atoms. The summed E-state index contributed by atoms with van der Waals surface area (Å²) in [5.74, 6) is 0. The van der Waals surface area contributed by atoms with Gasteiger partial charge in [0.25, 0.3) is 10.0 Å². The molecule has 0 fully saturated rings. The Labute approximate surface area is 113 Å². The van der Waals surface area contributed by atoms with E-state index >= 15 is 0 Å². The number of rotatable bonds is 3. The van der Waals surface area contributed by atoms with E-state index in [0.717, 1.165) is 5.56 Å². The molecule has 0 amide bonds. The lowest BCUT2D eigenvalue weighted by Gasteiger charge is -2.34. The van der Waals surface area contributed by atoms with Gasteiger partial charge in [0.2, 0.25) is 0 Å². The molecule has 2 N–H and O–H groups in total. The van der Waals surface area contributed by atoms with Crippen molar-refractivity contribution in [2.45, 2.75) is 31.1 Å². The maximum absolute atomic E-state index is 12.5. The fourth-order valence-corrected chi connectivity index (χ4v) is 4.06. The summed E-state index contributed by atoms with van der Waals surface area (Å²) in [6, 6.07) is 8.94. The monoisotopic (exact) mass is 279 g/mol. The molecule has 5 nitrogen and oxygen atoms in total. The van der Waals surface area contributed by atoms with Gasteiger partial charge >= 0.3 is 0 Å². The minimum Gasteiger partial charge on any atom is -0.326 e. The molecule has 2 atom stereocenters. The summed E-state index contributed by atoms with van der Waals surface area (Å²) in [5.41, 5.74) is 7.50. The number of para-hydroxylation sites is 1. The zero-order chi connectivity index (χ0) is 14.0. The van der Waals surface area contributed by atoms with Crippen molar-refractivity contribution in [3.05, 3.63) is 29.8 Å². The highest BCUT2D eigenvalue weighted by Gasteiger charge is 2.35. The van der Waals surface area contributed by atoms with Gasteiger partial charge in [-0.25, -0.2) is 8.42 Å². The number of nitrogens with zero attached hydrogens (tertiary/aromatic N) is 2. The number of nitrogens with two attached hydrogens (primary N) is 1. The highest BCUT2D eigenvalue weighted by Crippen LogP contribution is 2.30. The summed E-state index contributed by atoms with van der Waals surface area (Å²) in [4.78, 5) is 0. The Hall–Kier alpha value is -1.58. The van der Waals surface area contributed by atoms with Crippen LogP contribution in [0.5, 0.6) is 0 Å². The van der Waals surface area contributed by atoms with E-state index in [9.17, 15) is 8.42 Å². The largest absolute Gasteiger partial charge is 0.326 e. The van der Waals surface area contributed by atoms with Crippen molar-refractivity contribution in [2.24, 2.45) is 5.73 Å². The van der Waals surface area contributed by atoms with E-state index in [1.54, 1.807) is 19.1 Å². The quantitative estimate of drug-likeness (QED) is 0.894. The van der Waals surface area contributed by atoms with Crippen molar-refractivity contribution in [1.29, 1.82) is 5.26 Å².